The van der Waals surface area contributed by atoms with Crippen molar-refractivity contribution in [1.29, 1.82) is 0 Å². The Balaban J connectivity index is 0.809. The summed E-state index contributed by atoms with van der Waals surface area (Å²) in [6.07, 6.45) is 11.6. The largest absolute Gasteiger partial charge is 0.496 e. The lowest BCUT2D eigenvalue weighted by molar-refractivity contribution is -0.162. The van der Waals surface area contributed by atoms with Crippen LogP contribution in [0.15, 0.2) is 85.1 Å². The normalized spacial score (nSPS) is 17.0. The number of ether oxygens (including phenoxy) is 4. The van der Waals surface area contributed by atoms with E-state index in [-0.39, 0.29) is 49.2 Å². The average Bonchev–Trinajstić information content (AvgIpc) is 3.77. The number of carbonyl (C=O) groups is 6. The van der Waals surface area contributed by atoms with Crippen molar-refractivity contribution < 1.29 is 47.7 Å². The predicted octanol–water partition coefficient (Wildman–Crippen LogP) is 10.7. The fraction of sp³-hybridized carbons (Fsp3) is 0.492. The van der Waals surface area contributed by atoms with Crippen molar-refractivity contribution in [2.75, 3.05) is 33.4 Å². The zero-order valence-electron chi connectivity index (χ0n) is 46.3. The first-order valence-electron chi connectivity index (χ1n) is 27.9. The fourth-order valence-electron chi connectivity index (χ4n) is 10.8. The van der Waals surface area contributed by atoms with E-state index in [2.05, 4.69) is 55.3 Å². The molecule has 1 unspecified atom stereocenters. The Labute approximate surface area is 455 Å². The molecular weight excluding hydrogens is 973 g/mol. The molecule has 3 heterocycles. The number of aryl methyl sites for hydroxylation is 4. The van der Waals surface area contributed by atoms with E-state index in [0.29, 0.717) is 86.4 Å². The molecule has 2 fully saturated rings. The molecule has 0 aliphatic carbocycles. The van der Waals surface area contributed by atoms with Gasteiger partial charge in [-0.2, -0.15) is 0 Å². The van der Waals surface area contributed by atoms with Crippen molar-refractivity contribution in [3.63, 3.8) is 0 Å². The van der Waals surface area contributed by atoms with Gasteiger partial charge in [0.15, 0.2) is 12.4 Å². The fourth-order valence-corrected chi connectivity index (χ4v) is 10.8. The zero-order valence-corrected chi connectivity index (χ0v) is 46.3. The summed E-state index contributed by atoms with van der Waals surface area (Å²) in [6.45, 7) is 15.2. The monoisotopic (exact) mass is 1050 g/mol. The quantitative estimate of drug-likeness (QED) is 0.0433. The van der Waals surface area contributed by atoms with Crippen LogP contribution in [0.5, 0.6) is 17.2 Å². The molecular formula is C63H80N4O10. The van der Waals surface area contributed by atoms with E-state index in [1.165, 1.54) is 11.1 Å². The second kappa shape index (κ2) is 27.9. The molecule has 14 nitrogen and oxygen atoms in total. The Kier molecular flexibility index (Phi) is 20.9. The zero-order chi connectivity index (χ0) is 55.0. The van der Waals surface area contributed by atoms with Crippen molar-refractivity contribution in [3.8, 4) is 17.2 Å². The highest BCUT2D eigenvalue weighted by Crippen LogP contribution is 2.36. The van der Waals surface area contributed by atoms with Crippen molar-refractivity contribution in [2.24, 2.45) is 0 Å². The minimum absolute atomic E-state index is 0.00633. The molecule has 14 heteroatoms. The van der Waals surface area contributed by atoms with E-state index in [0.717, 1.165) is 91.4 Å². The third-order valence-corrected chi connectivity index (χ3v) is 15.7. The number of hydrogen-bond donors (Lipinski definition) is 2. The summed E-state index contributed by atoms with van der Waals surface area (Å²) < 4.78 is 23.9. The molecule has 4 atom stereocenters. The summed E-state index contributed by atoms with van der Waals surface area (Å²) >= 11 is 0. The van der Waals surface area contributed by atoms with Gasteiger partial charge in [0, 0.05) is 36.3 Å². The van der Waals surface area contributed by atoms with Crippen molar-refractivity contribution in [1.82, 2.24) is 20.4 Å². The molecule has 77 heavy (non-hydrogen) atoms. The lowest BCUT2D eigenvalue weighted by Crippen LogP contribution is -2.50. The highest BCUT2D eigenvalue weighted by Gasteiger charge is 2.40. The number of benzene rings is 4. The minimum atomic E-state index is -0.694. The van der Waals surface area contributed by atoms with E-state index in [4.69, 9.17) is 18.9 Å². The van der Waals surface area contributed by atoms with E-state index in [9.17, 15) is 28.8 Å². The molecule has 4 aromatic carbocycles. The number of unbranched alkanes of at least 4 members (excludes halogenated alkanes) is 6. The third-order valence-electron chi connectivity index (χ3n) is 15.7. The number of nitrogens with zero attached hydrogens (tertiary/aromatic N) is 2. The van der Waals surface area contributed by atoms with Gasteiger partial charge in [-0.05, 0) is 161 Å². The molecule has 4 amide bonds. The van der Waals surface area contributed by atoms with Gasteiger partial charge in [-0.3, -0.25) is 24.0 Å². The van der Waals surface area contributed by atoms with E-state index < -0.39 is 30.1 Å². The number of methoxy groups -OCH3 is 1. The number of esters is 1. The summed E-state index contributed by atoms with van der Waals surface area (Å²) in [5, 5.41) is 5.71. The molecule has 7 rings (SSSR count). The molecule has 2 N–H and O–H groups in total. The topological polar surface area (TPSA) is 170 Å². The Hall–Kier alpha value is -6.96. The number of hydrogen-bond acceptors (Lipinski definition) is 10. The highest BCUT2D eigenvalue weighted by molar-refractivity contribution is 6.02. The van der Waals surface area contributed by atoms with Crippen LogP contribution in [0, 0.1) is 27.7 Å². The number of carbonyl (C=O) groups excluding carboxylic acids is 6. The van der Waals surface area contributed by atoms with Crippen LogP contribution in [0.3, 0.4) is 0 Å². The van der Waals surface area contributed by atoms with Gasteiger partial charge in [0.25, 0.3) is 11.8 Å². The van der Waals surface area contributed by atoms with Crippen LogP contribution in [-0.4, -0.2) is 90.7 Å². The number of rotatable bonds is 27. The van der Waals surface area contributed by atoms with Gasteiger partial charge in [0.2, 0.25) is 11.8 Å². The summed E-state index contributed by atoms with van der Waals surface area (Å²) in [5.41, 5.74) is 9.22. The molecule has 412 valence electrons. The number of likely N-dealkylation sites (tertiary alicyclic amines) is 1. The summed E-state index contributed by atoms with van der Waals surface area (Å²) in [7, 11) is 1.64. The van der Waals surface area contributed by atoms with Gasteiger partial charge in [0.05, 0.1) is 19.6 Å². The maximum Gasteiger partial charge on any atom is 0.329 e. The smallest absolute Gasteiger partial charge is 0.329 e. The maximum absolute atomic E-state index is 14.4. The Morgan fingerprint density at radius 1 is 0.792 bits per heavy atom. The lowest BCUT2D eigenvalue weighted by Gasteiger charge is -2.37. The Morgan fingerprint density at radius 3 is 2.27 bits per heavy atom. The highest BCUT2D eigenvalue weighted by atomic mass is 16.5. The molecule has 3 aliphatic heterocycles. The number of ketones is 1. The molecule has 3 aliphatic rings. The van der Waals surface area contributed by atoms with E-state index >= 15 is 0 Å². The van der Waals surface area contributed by atoms with Crippen LogP contribution in [0.2, 0.25) is 0 Å². The van der Waals surface area contributed by atoms with E-state index in [1.54, 1.807) is 47.2 Å². The van der Waals surface area contributed by atoms with Crippen LogP contribution in [0.25, 0.3) is 0 Å². The second-order valence-electron chi connectivity index (χ2n) is 21.2. The molecule has 0 aromatic heterocycles. The van der Waals surface area contributed by atoms with Crippen LogP contribution in [0.1, 0.15) is 170 Å². The summed E-state index contributed by atoms with van der Waals surface area (Å²) in [5.74, 6) is 0.259. The molecule has 4 aromatic rings. The Bertz CT molecular complexity index is 2750. The number of piperidine rings is 2. The van der Waals surface area contributed by atoms with Gasteiger partial charge in [-0.1, -0.05) is 88.1 Å². The first-order valence-corrected chi connectivity index (χ1v) is 27.9. The predicted molar refractivity (Wildman–Crippen MR) is 297 cm³/mol. The number of allylic oxidation sites excluding steroid dienone is 1. The van der Waals surface area contributed by atoms with Gasteiger partial charge in [-0.15, -0.1) is 0 Å². The molecule has 0 saturated carbocycles. The third kappa shape index (κ3) is 15.4. The number of Topliss-reactive ketones (excluding diaryl/α,β-unsaturated/α-hetero) is 1. The first-order chi connectivity index (χ1) is 37.1. The van der Waals surface area contributed by atoms with Crippen molar-refractivity contribution in [2.45, 2.75) is 168 Å². The standard InChI is InChI=1S/C63H80N4O10/c1-8-51(48-36-43(4)45(6)58(37-48)74-7)61(71)66-34-17-15-21-55(66)63(73)77-56(32-26-46-25-23-41(2)42(3)35-46)47-27-29-50(30-28-47)75-40-59(69)64-33-16-13-11-9-10-12-14-19-49(68)39-76-57-22-18-20-52-53(57)38-67(62(52)72)54-31-24-44(5)65-60(54)70/h18,20,22-23,25,27-30,35-37,51,54-56H,5,8-17,19,21,24,26,31-34,38-40H2,1-4,6-7H3,(H,64,69)(H,65,70)/t51-,54?,55-,56+/m0/s1. The van der Waals surface area contributed by atoms with Crippen molar-refractivity contribution >= 4 is 35.4 Å². The van der Waals surface area contributed by atoms with Crippen LogP contribution < -0.4 is 24.8 Å². The van der Waals surface area contributed by atoms with Gasteiger partial charge < -0.3 is 39.4 Å². The number of nitrogens with one attached hydrogen (secondary N) is 2. The van der Waals surface area contributed by atoms with Crippen LogP contribution in [0.4, 0.5) is 0 Å². The van der Waals surface area contributed by atoms with Gasteiger partial charge in [0.1, 0.15) is 42.0 Å². The van der Waals surface area contributed by atoms with Gasteiger partial charge in [-0.25, -0.2) is 4.79 Å². The maximum atomic E-state index is 14.4. The molecule has 0 radical (unpaired) electrons. The van der Waals surface area contributed by atoms with Gasteiger partial charge >= 0.3 is 5.97 Å². The molecule has 0 bridgehead atoms. The Morgan fingerprint density at radius 2 is 1.55 bits per heavy atom. The summed E-state index contributed by atoms with van der Waals surface area (Å²) in [6, 6.07) is 21.8. The number of amides is 4. The van der Waals surface area contributed by atoms with Crippen LogP contribution >= 0.6 is 0 Å². The minimum Gasteiger partial charge on any atom is -0.496 e. The molecule has 2 saturated heterocycles. The van der Waals surface area contributed by atoms with Crippen molar-refractivity contribution in [3.05, 3.63) is 135 Å². The van der Waals surface area contributed by atoms with Crippen LogP contribution in [-0.2, 0) is 41.7 Å². The lowest BCUT2D eigenvalue weighted by atomic mass is 9.90. The molecule has 0 spiro atoms. The average molecular weight is 1050 g/mol. The van der Waals surface area contributed by atoms with E-state index in [1.807, 2.05) is 39.0 Å². The number of fused-ring (bicyclic) bond motifs is 1. The second-order valence-corrected chi connectivity index (χ2v) is 21.2. The summed E-state index contributed by atoms with van der Waals surface area (Å²) in [4.78, 5) is 83.2. The first kappa shape index (κ1) is 57.7. The SMILES string of the molecule is C=C1CCC(N2Cc3c(OCC(=O)CCCCCCCCCNC(=O)COc4ccc([C@@H](CCc5ccc(C)c(C)c5)OC(=O)[C@@H]5CCCCN5C(=O)[C@@H](CC)c5cc(C)c(C)c(OC)c5)cc4)cccc3C2=O)C(=O)N1.